The zero-order chi connectivity index (χ0) is 32.5. The van der Waals surface area contributed by atoms with Gasteiger partial charge in [0.1, 0.15) is 11.9 Å². The quantitative estimate of drug-likeness (QED) is 0.0559. The molecule has 1 aromatic heterocycles. The van der Waals surface area contributed by atoms with Gasteiger partial charge in [-0.2, -0.15) is 0 Å². The van der Waals surface area contributed by atoms with Crippen LogP contribution in [-0.4, -0.2) is 4.57 Å². The first kappa shape index (κ1) is 38.1. The zero-order valence-corrected chi connectivity index (χ0v) is 30.5. The third-order valence-electron chi connectivity index (χ3n) is 10.1. The molecule has 256 valence electrons. The number of aryl methyl sites for hydroxylation is 1. The highest BCUT2D eigenvalue weighted by Crippen LogP contribution is 2.23. The Morgan fingerprint density at radius 3 is 1.52 bits per heavy atom. The van der Waals surface area contributed by atoms with Crippen LogP contribution in [0.2, 0.25) is 0 Å². The molecule has 0 aliphatic heterocycles. The van der Waals surface area contributed by atoms with Crippen molar-refractivity contribution in [2.24, 2.45) is 0 Å². The van der Waals surface area contributed by atoms with Crippen LogP contribution in [0.15, 0.2) is 66.9 Å². The number of nitrogens with zero attached hydrogens (tertiary/aromatic N) is 2. The maximum Gasteiger partial charge on any atom is 0.261 e. The summed E-state index contributed by atoms with van der Waals surface area (Å²) >= 11 is 0. The van der Waals surface area contributed by atoms with Crippen molar-refractivity contribution < 1.29 is 4.57 Å². The van der Waals surface area contributed by atoms with Crippen molar-refractivity contribution in [3.63, 3.8) is 0 Å². The minimum absolute atomic E-state index is 0.517. The second kappa shape index (κ2) is 24.8. The van der Waals surface area contributed by atoms with Crippen LogP contribution in [0.3, 0.4) is 0 Å². The molecule has 1 unspecified atom stereocenters. The van der Waals surface area contributed by atoms with Crippen molar-refractivity contribution in [2.45, 2.75) is 187 Å². The highest BCUT2D eigenvalue weighted by atomic mass is 15.2. The van der Waals surface area contributed by atoms with Gasteiger partial charge in [-0.3, -0.25) is 0 Å². The van der Waals surface area contributed by atoms with Crippen LogP contribution < -0.4 is 4.57 Å². The van der Waals surface area contributed by atoms with Crippen LogP contribution in [0.25, 0.3) is 0 Å². The van der Waals surface area contributed by atoms with Crippen molar-refractivity contribution in [2.75, 3.05) is 0 Å². The smallest absolute Gasteiger partial charge is 0.234 e. The third-order valence-corrected chi connectivity index (χ3v) is 10.1. The monoisotopic (exact) mass is 628 g/mol. The molecule has 2 nitrogen and oxygen atoms in total. The van der Waals surface area contributed by atoms with E-state index in [9.17, 15) is 0 Å². The zero-order valence-electron chi connectivity index (χ0n) is 30.5. The molecular formula is C44H71N2+. The minimum atomic E-state index is 0.517. The number of hydrogen-bond acceptors (Lipinski definition) is 0. The molecule has 1 atom stereocenters. The fraction of sp³-hybridized carbons (Fsp3) is 0.659. The van der Waals surface area contributed by atoms with Crippen LogP contribution in [0.5, 0.6) is 0 Å². The molecular weight excluding hydrogens is 556 g/mol. The normalized spacial score (nSPS) is 12.2. The van der Waals surface area contributed by atoms with E-state index >= 15 is 0 Å². The standard InChI is InChI=1S/C44H71N2/c1-4-6-8-10-11-12-13-14-15-16-17-18-19-20-22-29-35-45-39-43(37-40(3)42-33-27-24-28-34-42)46(36-30-21-9-7-5-2)44(45)38-41-31-25-23-26-32-41/h23-28,31-34,39-40H,4-22,29-30,35-38H2,1-3H3/q+1. The first-order valence-electron chi connectivity index (χ1n) is 19.9. The molecule has 46 heavy (non-hydrogen) atoms. The number of rotatable bonds is 28. The molecule has 0 saturated heterocycles. The van der Waals surface area contributed by atoms with Gasteiger partial charge in [-0.15, -0.1) is 0 Å². The topological polar surface area (TPSA) is 8.81 Å². The van der Waals surface area contributed by atoms with Crippen LogP contribution in [0.4, 0.5) is 0 Å². The lowest BCUT2D eigenvalue weighted by Crippen LogP contribution is -2.37. The maximum atomic E-state index is 2.73. The van der Waals surface area contributed by atoms with Gasteiger partial charge in [-0.05, 0) is 42.7 Å². The highest BCUT2D eigenvalue weighted by molar-refractivity contribution is 5.22. The first-order chi connectivity index (χ1) is 22.7. The number of imidazole rings is 1. The van der Waals surface area contributed by atoms with Gasteiger partial charge in [-0.25, -0.2) is 9.13 Å². The Labute approximate surface area is 285 Å². The van der Waals surface area contributed by atoms with Crippen molar-refractivity contribution >= 4 is 0 Å². The van der Waals surface area contributed by atoms with E-state index in [0.717, 1.165) is 25.9 Å². The maximum absolute atomic E-state index is 2.73. The summed E-state index contributed by atoms with van der Waals surface area (Å²) in [6.07, 6.45) is 34.1. The third kappa shape index (κ3) is 15.5. The molecule has 0 radical (unpaired) electrons. The Morgan fingerprint density at radius 2 is 1.00 bits per heavy atom. The molecule has 2 aromatic carbocycles. The predicted molar refractivity (Wildman–Crippen MR) is 201 cm³/mol. The fourth-order valence-electron chi connectivity index (χ4n) is 7.17. The largest absolute Gasteiger partial charge is 0.261 e. The van der Waals surface area contributed by atoms with E-state index in [2.05, 4.69) is 96.8 Å². The van der Waals surface area contributed by atoms with Crippen LogP contribution >= 0.6 is 0 Å². The Kier molecular flexibility index (Phi) is 20.5. The van der Waals surface area contributed by atoms with Crippen molar-refractivity contribution in [1.82, 2.24) is 4.57 Å². The molecule has 2 heteroatoms. The summed E-state index contributed by atoms with van der Waals surface area (Å²) in [7, 11) is 0. The van der Waals surface area contributed by atoms with Crippen LogP contribution in [-0.2, 0) is 25.9 Å². The van der Waals surface area contributed by atoms with Gasteiger partial charge in [0, 0.05) is 6.42 Å². The van der Waals surface area contributed by atoms with E-state index in [1.165, 1.54) is 157 Å². The molecule has 0 fully saturated rings. The predicted octanol–water partition coefficient (Wildman–Crippen LogP) is 12.9. The first-order valence-corrected chi connectivity index (χ1v) is 19.9. The van der Waals surface area contributed by atoms with E-state index in [4.69, 9.17) is 0 Å². The molecule has 0 aliphatic rings. The molecule has 3 rings (SSSR count). The lowest BCUT2D eigenvalue weighted by molar-refractivity contribution is -0.704. The summed E-state index contributed by atoms with van der Waals surface area (Å²) in [5, 5.41) is 0. The summed E-state index contributed by atoms with van der Waals surface area (Å²) in [4.78, 5) is 0. The number of aromatic nitrogens is 2. The summed E-state index contributed by atoms with van der Waals surface area (Å²) < 4.78 is 5.38. The summed E-state index contributed by atoms with van der Waals surface area (Å²) in [5.74, 6) is 2.03. The molecule has 0 bridgehead atoms. The van der Waals surface area contributed by atoms with E-state index in [1.807, 2.05) is 0 Å². The highest BCUT2D eigenvalue weighted by Gasteiger charge is 2.25. The molecule has 0 amide bonds. The van der Waals surface area contributed by atoms with Crippen LogP contribution in [0.1, 0.15) is 184 Å². The molecule has 0 N–H and O–H groups in total. The molecule has 3 aromatic rings. The lowest BCUT2D eigenvalue weighted by Gasteiger charge is -2.12. The Morgan fingerprint density at radius 1 is 0.543 bits per heavy atom. The summed E-state index contributed by atoms with van der Waals surface area (Å²) in [5.41, 5.74) is 4.40. The van der Waals surface area contributed by atoms with Crippen LogP contribution in [0, 0.1) is 0 Å². The second-order valence-electron chi connectivity index (χ2n) is 14.3. The fourth-order valence-corrected chi connectivity index (χ4v) is 7.17. The van der Waals surface area contributed by atoms with Gasteiger partial charge >= 0.3 is 0 Å². The lowest BCUT2D eigenvalue weighted by atomic mass is 9.96. The molecule has 0 saturated carbocycles. The Balaban J connectivity index is 1.50. The average molecular weight is 628 g/mol. The van der Waals surface area contributed by atoms with Crippen molar-refractivity contribution in [3.05, 3.63) is 89.5 Å². The van der Waals surface area contributed by atoms with Gasteiger partial charge < -0.3 is 0 Å². The van der Waals surface area contributed by atoms with E-state index < -0.39 is 0 Å². The molecule has 1 heterocycles. The van der Waals surface area contributed by atoms with E-state index in [0.29, 0.717) is 5.92 Å². The number of unbranched alkanes of at least 4 members (excludes halogenated alkanes) is 19. The Hall–Kier alpha value is -2.35. The van der Waals surface area contributed by atoms with Gasteiger partial charge in [0.25, 0.3) is 5.82 Å². The van der Waals surface area contributed by atoms with Gasteiger partial charge in [0.2, 0.25) is 0 Å². The van der Waals surface area contributed by atoms with Crippen molar-refractivity contribution in [1.29, 1.82) is 0 Å². The Bertz CT molecular complexity index is 1120. The van der Waals surface area contributed by atoms with E-state index in [1.54, 1.807) is 0 Å². The minimum Gasteiger partial charge on any atom is -0.234 e. The second-order valence-corrected chi connectivity index (χ2v) is 14.3. The SMILES string of the molecule is CCCCCCCCCCCCCCCCCC[n+]1cc(CC(C)c2ccccc2)n(CCCCCCC)c1Cc1ccccc1. The molecule has 0 aliphatic carbocycles. The summed E-state index contributed by atoms with van der Waals surface area (Å²) in [6, 6.07) is 22.3. The van der Waals surface area contributed by atoms with Gasteiger partial charge in [-0.1, -0.05) is 191 Å². The van der Waals surface area contributed by atoms with E-state index in [-0.39, 0.29) is 0 Å². The van der Waals surface area contributed by atoms with Crippen molar-refractivity contribution in [3.8, 4) is 0 Å². The number of hydrogen-bond donors (Lipinski definition) is 0. The van der Waals surface area contributed by atoms with Gasteiger partial charge in [0.05, 0.1) is 19.5 Å². The average Bonchev–Trinajstić information content (AvgIpc) is 3.39. The van der Waals surface area contributed by atoms with Gasteiger partial charge in [0.15, 0.2) is 0 Å². The molecule has 0 spiro atoms. The summed E-state index contributed by atoms with van der Waals surface area (Å²) in [6.45, 7) is 9.32. The number of benzene rings is 2.